The van der Waals surface area contributed by atoms with Crippen LogP contribution in [0.4, 0.5) is 0 Å². The number of rotatable bonds is 4. The van der Waals surface area contributed by atoms with E-state index in [2.05, 4.69) is 20.7 Å². The second-order valence-electron chi connectivity index (χ2n) is 4.91. The first-order valence-corrected chi connectivity index (χ1v) is 8.55. The van der Waals surface area contributed by atoms with E-state index in [1.165, 1.54) is 0 Å². The van der Waals surface area contributed by atoms with Gasteiger partial charge in [0, 0.05) is 23.5 Å². The minimum atomic E-state index is -3.47. The molecule has 1 N–H and O–H groups in total. The lowest BCUT2D eigenvalue weighted by molar-refractivity contribution is 0.107. The molecule has 2 atom stereocenters. The predicted octanol–water partition coefficient (Wildman–Crippen LogP) is 2.46. The van der Waals surface area contributed by atoms with Gasteiger partial charge in [0.05, 0.1) is 11.0 Å². The number of sulfonamides is 1. The summed E-state index contributed by atoms with van der Waals surface area (Å²) in [5.41, 5.74) is 1.02. The van der Waals surface area contributed by atoms with Crippen LogP contribution >= 0.6 is 15.9 Å². The van der Waals surface area contributed by atoms with Crippen molar-refractivity contribution in [3.63, 3.8) is 0 Å². The number of hydrogen-bond donors (Lipinski definition) is 1. The van der Waals surface area contributed by atoms with Crippen LogP contribution < -0.4 is 4.72 Å². The minimum Gasteiger partial charge on any atom is -0.378 e. The van der Waals surface area contributed by atoms with Crippen molar-refractivity contribution in [2.24, 2.45) is 5.92 Å². The van der Waals surface area contributed by atoms with Crippen LogP contribution in [0.1, 0.15) is 18.9 Å². The fourth-order valence-electron chi connectivity index (χ4n) is 2.16. The highest BCUT2D eigenvalue weighted by atomic mass is 79.9. The lowest BCUT2D eigenvalue weighted by atomic mass is 10.0. The fraction of sp³-hybridized carbons (Fsp3) is 0.538. The summed E-state index contributed by atoms with van der Waals surface area (Å²) in [4.78, 5) is 0.282. The Morgan fingerprint density at radius 3 is 2.79 bits per heavy atom. The average Bonchev–Trinajstić information content (AvgIpc) is 2.72. The monoisotopic (exact) mass is 347 g/mol. The topological polar surface area (TPSA) is 55.4 Å². The average molecular weight is 348 g/mol. The minimum absolute atomic E-state index is 0.115. The summed E-state index contributed by atoms with van der Waals surface area (Å²) in [6.45, 7) is 5.03. The summed E-state index contributed by atoms with van der Waals surface area (Å²) in [5.74, 6) is 0.249. The largest absolute Gasteiger partial charge is 0.378 e. The first kappa shape index (κ1) is 15.0. The Hall–Kier alpha value is -0.430. The molecule has 1 saturated heterocycles. The van der Waals surface area contributed by atoms with E-state index in [1.54, 1.807) is 18.2 Å². The maximum atomic E-state index is 12.2. The molecule has 0 radical (unpaired) electrons. The smallest absolute Gasteiger partial charge is 0.241 e. The van der Waals surface area contributed by atoms with Crippen LogP contribution in [0.25, 0.3) is 0 Å². The van der Waals surface area contributed by atoms with E-state index in [0.717, 1.165) is 12.0 Å². The van der Waals surface area contributed by atoms with Crippen LogP contribution in [0.15, 0.2) is 27.6 Å². The molecular formula is C13H18BrNO3S. The number of aryl methyl sites for hydroxylation is 1. The Morgan fingerprint density at radius 1 is 1.47 bits per heavy atom. The van der Waals surface area contributed by atoms with Crippen LogP contribution in [0.2, 0.25) is 0 Å². The van der Waals surface area contributed by atoms with Gasteiger partial charge in [0.15, 0.2) is 0 Å². The lowest BCUT2D eigenvalue weighted by Gasteiger charge is -2.15. The number of ether oxygens (including phenoxy) is 1. The number of nitrogens with one attached hydrogen (secondary N) is 1. The van der Waals surface area contributed by atoms with Crippen molar-refractivity contribution in [3.8, 4) is 0 Å². The third-order valence-corrected chi connectivity index (χ3v) is 5.85. The molecule has 4 nitrogen and oxygen atoms in total. The second kappa shape index (κ2) is 5.91. The molecule has 1 heterocycles. The highest BCUT2D eigenvalue weighted by Gasteiger charge is 2.26. The maximum Gasteiger partial charge on any atom is 0.241 e. The van der Waals surface area contributed by atoms with Gasteiger partial charge < -0.3 is 4.74 Å². The zero-order chi connectivity index (χ0) is 14.0. The van der Waals surface area contributed by atoms with Crippen molar-refractivity contribution in [3.05, 3.63) is 28.2 Å². The number of hydrogen-bond acceptors (Lipinski definition) is 3. The van der Waals surface area contributed by atoms with E-state index in [0.29, 0.717) is 17.6 Å². The number of halogens is 1. The molecule has 1 aliphatic rings. The van der Waals surface area contributed by atoms with Gasteiger partial charge in [-0.25, -0.2) is 13.1 Å². The molecule has 0 amide bonds. The molecule has 2 unspecified atom stereocenters. The van der Waals surface area contributed by atoms with Gasteiger partial charge in [-0.15, -0.1) is 0 Å². The zero-order valence-corrected chi connectivity index (χ0v) is 13.4. The molecule has 0 aromatic heterocycles. The quantitative estimate of drug-likeness (QED) is 0.910. The lowest BCUT2D eigenvalue weighted by Crippen LogP contribution is -2.32. The molecule has 6 heteroatoms. The molecule has 1 fully saturated rings. The van der Waals surface area contributed by atoms with E-state index >= 15 is 0 Å². The molecular weight excluding hydrogens is 330 g/mol. The van der Waals surface area contributed by atoms with Crippen molar-refractivity contribution in [1.82, 2.24) is 4.72 Å². The van der Waals surface area contributed by atoms with E-state index in [1.807, 2.05) is 13.8 Å². The molecule has 1 aromatic carbocycles. The summed E-state index contributed by atoms with van der Waals surface area (Å²) in [6.07, 6.45) is 1.02. The molecule has 0 aliphatic carbocycles. The van der Waals surface area contributed by atoms with Crippen molar-refractivity contribution >= 4 is 26.0 Å². The van der Waals surface area contributed by atoms with Gasteiger partial charge in [0.1, 0.15) is 0 Å². The standard InChI is InChI=1S/C13H18BrNO3S/c1-9-3-4-13(12(14)7-9)19(16,17)15-8-11-5-6-18-10(11)2/h3-4,7,10-11,15H,5-6,8H2,1-2H3. The van der Waals surface area contributed by atoms with Gasteiger partial charge in [-0.1, -0.05) is 6.07 Å². The van der Waals surface area contributed by atoms with E-state index in [9.17, 15) is 8.42 Å². The van der Waals surface area contributed by atoms with Crippen LogP contribution in [0, 0.1) is 12.8 Å². The summed E-state index contributed by atoms with van der Waals surface area (Å²) >= 11 is 3.30. The van der Waals surface area contributed by atoms with Gasteiger partial charge >= 0.3 is 0 Å². The van der Waals surface area contributed by atoms with Gasteiger partial charge in [-0.05, 0) is 53.9 Å². The third-order valence-electron chi connectivity index (χ3n) is 3.45. The van der Waals surface area contributed by atoms with E-state index < -0.39 is 10.0 Å². The van der Waals surface area contributed by atoms with Crippen molar-refractivity contribution in [2.75, 3.05) is 13.2 Å². The van der Waals surface area contributed by atoms with Crippen LogP contribution in [-0.4, -0.2) is 27.7 Å². The van der Waals surface area contributed by atoms with Gasteiger partial charge in [0.25, 0.3) is 0 Å². The normalized spacial score (nSPS) is 23.7. The summed E-state index contributed by atoms with van der Waals surface area (Å²) in [6, 6.07) is 5.22. The Balaban J connectivity index is 2.09. The molecule has 0 spiro atoms. The molecule has 1 aromatic rings. The zero-order valence-electron chi connectivity index (χ0n) is 11.0. The van der Waals surface area contributed by atoms with Gasteiger partial charge in [-0.2, -0.15) is 0 Å². The Kier molecular flexibility index (Phi) is 4.66. The molecule has 106 valence electrons. The SMILES string of the molecule is Cc1ccc(S(=O)(=O)NCC2CCOC2C)c(Br)c1. The summed E-state index contributed by atoms with van der Waals surface area (Å²) < 4.78 is 33.2. The van der Waals surface area contributed by atoms with Crippen molar-refractivity contribution in [2.45, 2.75) is 31.3 Å². The second-order valence-corrected chi connectivity index (χ2v) is 7.50. The first-order valence-electron chi connectivity index (χ1n) is 6.27. The molecule has 2 rings (SSSR count). The highest BCUT2D eigenvalue weighted by Crippen LogP contribution is 2.24. The Morgan fingerprint density at radius 2 is 2.21 bits per heavy atom. The third kappa shape index (κ3) is 3.56. The van der Waals surface area contributed by atoms with Crippen molar-refractivity contribution < 1.29 is 13.2 Å². The molecule has 0 saturated carbocycles. The maximum absolute atomic E-state index is 12.2. The summed E-state index contributed by atoms with van der Waals surface area (Å²) in [7, 11) is -3.47. The van der Waals surface area contributed by atoms with E-state index in [4.69, 9.17) is 4.74 Å². The van der Waals surface area contributed by atoms with E-state index in [-0.39, 0.29) is 16.9 Å². The number of benzene rings is 1. The van der Waals surface area contributed by atoms with Gasteiger partial charge in [0.2, 0.25) is 10.0 Å². The molecule has 1 aliphatic heterocycles. The first-order chi connectivity index (χ1) is 8.90. The highest BCUT2D eigenvalue weighted by molar-refractivity contribution is 9.10. The Labute approximate surface area is 122 Å². The molecule has 0 bridgehead atoms. The summed E-state index contributed by atoms with van der Waals surface area (Å²) in [5, 5.41) is 0. The van der Waals surface area contributed by atoms with Crippen LogP contribution in [0.5, 0.6) is 0 Å². The Bertz CT molecular complexity index is 559. The van der Waals surface area contributed by atoms with Crippen molar-refractivity contribution in [1.29, 1.82) is 0 Å². The van der Waals surface area contributed by atoms with Gasteiger partial charge in [-0.3, -0.25) is 0 Å². The molecule has 19 heavy (non-hydrogen) atoms. The fourth-order valence-corrected chi connectivity index (χ4v) is 4.45. The predicted molar refractivity (Wildman–Crippen MR) is 77.6 cm³/mol. The van der Waals surface area contributed by atoms with Crippen LogP contribution in [-0.2, 0) is 14.8 Å². The van der Waals surface area contributed by atoms with Crippen LogP contribution in [0.3, 0.4) is 0 Å².